The van der Waals surface area contributed by atoms with Crippen molar-refractivity contribution in [1.82, 2.24) is 10.2 Å². The van der Waals surface area contributed by atoms with Crippen LogP contribution in [0.2, 0.25) is 0 Å². The fraction of sp³-hybridized carbons (Fsp3) is 0.909. The van der Waals surface area contributed by atoms with Crippen LogP contribution in [0.5, 0.6) is 0 Å². The fourth-order valence-corrected chi connectivity index (χ4v) is 2.79. The van der Waals surface area contributed by atoms with Crippen molar-refractivity contribution in [2.45, 2.75) is 25.3 Å². The summed E-state index contributed by atoms with van der Waals surface area (Å²) in [5.74, 6) is 2.08. The summed E-state index contributed by atoms with van der Waals surface area (Å²) in [6.45, 7) is 4.32. The van der Waals surface area contributed by atoms with Crippen LogP contribution in [0.15, 0.2) is 0 Å². The maximum atomic E-state index is 12.1. The minimum absolute atomic E-state index is 0.210. The molecule has 0 aromatic rings. The average molecular weight is 194 g/mol. The normalized spacial score (nSPS) is 41.7. The van der Waals surface area contributed by atoms with Gasteiger partial charge in [0.1, 0.15) is 0 Å². The molecule has 0 aromatic carbocycles. The average Bonchev–Trinajstić information content (AvgIpc) is 3.04. The first-order valence-corrected chi connectivity index (χ1v) is 5.62. The van der Waals surface area contributed by atoms with Crippen molar-refractivity contribution in [1.29, 1.82) is 0 Å². The summed E-state index contributed by atoms with van der Waals surface area (Å²) in [6.07, 6.45) is 2.38. The van der Waals surface area contributed by atoms with Gasteiger partial charge in [-0.2, -0.15) is 0 Å². The Morgan fingerprint density at radius 2 is 1.93 bits per heavy atom. The Bertz CT molecular complexity index is 275. The second-order valence-electron chi connectivity index (χ2n) is 5.41. The van der Waals surface area contributed by atoms with E-state index in [1.165, 1.54) is 12.8 Å². The summed E-state index contributed by atoms with van der Waals surface area (Å²) < 4.78 is 0. The summed E-state index contributed by atoms with van der Waals surface area (Å²) >= 11 is 0. The number of fused-ring (bicyclic) bond motifs is 1. The van der Waals surface area contributed by atoms with Crippen molar-refractivity contribution in [3.63, 3.8) is 0 Å². The molecule has 14 heavy (non-hydrogen) atoms. The van der Waals surface area contributed by atoms with Gasteiger partial charge in [-0.25, -0.2) is 0 Å². The van der Waals surface area contributed by atoms with E-state index in [2.05, 4.69) is 12.2 Å². The van der Waals surface area contributed by atoms with E-state index in [4.69, 9.17) is 0 Å². The van der Waals surface area contributed by atoms with Gasteiger partial charge in [-0.3, -0.25) is 4.79 Å². The Balaban J connectivity index is 1.66. The summed E-state index contributed by atoms with van der Waals surface area (Å²) in [4.78, 5) is 14.1. The lowest BCUT2D eigenvalue weighted by molar-refractivity contribution is -0.134. The summed E-state index contributed by atoms with van der Waals surface area (Å²) in [6, 6.07) is 0. The lowest BCUT2D eigenvalue weighted by Crippen LogP contribution is -2.39. The van der Waals surface area contributed by atoms with Gasteiger partial charge in [0.25, 0.3) is 0 Å². The topological polar surface area (TPSA) is 32.3 Å². The number of hydrogen-bond acceptors (Lipinski definition) is 2. The van der Waals surface area contributed by atoms with Crippen molar-refractivity contribution < 1.29 is 4.79 Å². The number of carbonyl (C=O) groups excluding carboxylic acids is 1. The number of nitrogens with zero attached hydrogens (tertiary/aromatic N) is 1. The van der Waals surface area contributed by atoms with E-state index in [0.717, 1.165) is 13.1 Å². The third kappa shape index (κ3) is 1.05. The maximum absolute atomic E-state index is 12.1. The molecule has 3 heteroatoms. The molecule has 3 aliphatic rings. The molecule has 2 atom stereocenters. The molecule has 3 fully saturated rings. The number of nitrogens with one attached hydrogen (secondary N) is 1. The Morgan fingerprint density at radius 1 is 1.36 bits per heavy atom. The molecular formula is C11H18N2O. The highest BCUT2D eigenvalue weighted by atomic mass is 16.2. The third-order valence-corrected chi connectivity index (χ3v) is 4.49. The van der Waals surface area contributed by atoms with E-state index >= 15 is 0 Å². The molecule has 2 aliphatic carbocycles. The molecule has 2 saturated carbocycles. The van der Waals surface area contributed by atoms with Crippen molar-refractivity contribution in [3.8, 4) is 0 Å². The zero-order valence-corrected chi connectivity index (χ0v) is 8.92. The van der Waals surface area contributed by atoms with Crippen molar-refractivity contribution in [2.75, 3.05) is 20.1 Å². The van der Waals surface area contributed by atoms with E-state index < -0.39 is 0 Å². The lowest BCUT2D eigenvalue weighted by atomic mass is 10.2. The Hall–Kier alpha value is -0.570. The van der Waals surface area contributed by atoms with E-state index in [9.17, 15) is 4.79 Å². The molecule has 1 amide bonds. The van der Waals surface area contributed by atoms with Crippen molar-refractivity contribution in [2.24, 2.45) is 17.8 Å². The highest BCUT2D eigenvalue weighted by molar-refractivity contribution is 5.83. The quantitative estimate of drug-likeness (QED) is 0.693. The molecule has 2 unspecified atom stereocenters. The predicted octanol–water partition coefficient (Wildman–Crippen LogP) is 0.463. The highest BCUT2D eigenvalue weighted by Crippen LogP contribution is 2.51. The minimum Gasteiger partial charge on any atom is -0.340 e. The molecule has 3 nitrogen and oxygen atoms in total. The zero-order valence-electron chi connectivity index (χ0n) is 8.92. The van der Waals surface area contributed by atoms with Crippen molar-refractivity contribution >= 4 is 5.91 Å². The predicted molar refractivity (Wildman–Crippen MR) is 53.7 cm³/mol. The van der Waals surface area contributed by atoms with Crippen LogP contribution in [0.4, 0.5) is 0 Å². The van der Waals surface area contributed by atoms with Gasteiger partial charge in [-0.05, 0) is 44.7 Å². The van der Waals surface area contributed by atoms with E-state index in [-0.39, 0.29) is 5.54 Å². The Labute approximate surface area is 84.8 Å². The number of piperidine rings is 1. The van der Waals surface area contributed by atoms with Gasteiger partial charge in [0, 0.05) is 18.5 Å². The monoisotopic (exact) mass is 194 g/mol. The molecular weight excluding hydrogens is 176 g/mol. The van der Waals surface area contributed by atoms with Gasteiger partial charge < -0.3 is 10.2 Å². The fourth-order valence-electron chi connectivity index (χ4n) is 2.79. The molecule has 1 N–H and O–H groups in total. The molecule has 78 valence electrons. The Morgan fingerprint density at radius 3 is 2.43 bits per heavy atom. The van der Waals surface area contributed by atoms with Gasteiger partial charge in [0.05, 0.1) is 0 Å². The van der Waals surface area contributed by atoms with Gasteiger partial charge in [-0.15, -0.1) is 0 Å². The van der Waals surface area contributed by atoms with Gasteiger partial charge in [-0.1, -0.05) is 0 Å². The van der Waals surface area contributed by atoms with Gasteiger partial charge in [0.2, 0.25) is 5.91 Å². The molecule has 3 rings (SSSR count). The molecule has 0 spiro atoms. The standard InChI is InChI=1S/C11H18N2O/c1-11(3-4-11)13(2)10(14)9-7-5-12-6-8(7)9/h7-9,12H,3-6H2,1-2H3. The van der Waals surface area contributed by atoms with Crippen LogP contribution in [0.25, 0.3) is 0 Å². The summed E-state index contributed by atoms with van der Waals surface area (Å²) in [7, 11) is 1.98. The Kier molecular flexibility index (Phi) is 1.56. The summed E-state index contributed by atoms with van der Waals surface area (Å²) in [5, 5.41) is 3.33. The molecule has 1 heterocycles. The van der Waals surface area contributed by atoms with Crippen LogP contribution < -0.4 is 5.32 Å². The smallest absolute Gasteiger partial charge is 0.226 e. The van der Waals surface area contributed by atoms with Crippen LogP contribution >= 0.6 is 0 Å². The number of amides is 1. The molecule has 1 aliphatic heterocycles. The van der Waals surface area contributed by atoms with E-state index in [1.54, 1.807) is 0 Å². The SMILES string of the molecule is CN(C(=O)C1C2CNCC21)C1(C)CC1. The van der Waals surface area contributed by atoms with E-state index in [1.807, 2.05) is 11.9 Å². The first-order chi connectivity index (χ1) is 6.63. The van der Waals surface area contributed by atoms with Crippen LogP contribution in [0.3, 0.4) is 0 Å². The lowest BCUT2D eigenvalue weighted by Gasteiger charge is -2.25. The van der Waals surface area contributed by atoms with Gasteiger partial charge in [0.15, 0.2) is 0 Å². The van der Waals surface area contributed by atoms with Crippen LogP contribution in [-0.4, -0.2) is 36.5 Å². The van der Waals surface area contributed by atoms with Crippen LogP contribution in [-0.2, 0) is 4.79 Å². The highest BCUT2D eigenvalue weighted by Gasteiger charge is 2.59. The zero-order chi connectivity index (χ0) is 9.92. The second-order valence-corrected chi connectivity index (χ2v) is 5.41. The van der Waals surface area contributed by atoms with E-state index in [0.29, 0.717) is 23.7 Å². The minimum atomic E-state index is 0.210. The number of rotatable bonds is 2. The number of hydrogen-bond donors (Lipinski definition) is 1. The summed E-state index contributed by atoms with van der Waals surface area (Å²) in [5.41, 5.74) is 0.210. The molecule has 0 radical (unpaired) electrons. The van der Waals surface area contributed by atoms with Crippen LogP contribution in [0, 0.1) is 17.8 Å². The van der Waals surface area contributed by atoms with Gasteiger partial charge >= 0.3 is 0 Å². The van der Waals surface area contributed by atoms with Crippen LogP contribution in [0.1, 0.15) is 19.8 Å². The second kappa shape index (κ2) is 2.51. The molecule has 1 saturated heterocycles. The number of carbonyl (C=O) groups is 1. The largest absolute Gasteiger partial charge is 0.340 e. The third-order valence-electron chi connectivity index (χ3n) is 4.49. The first kappa shape index (κ1) is 8.72. The first-order valence-electron chi connectivity index (χ1n) is 5.62. The maximum Gasteiger partial charge on any atom is 0.226 e. The molecule has 0 aromatic heterocycles. The van der Waals surface area contributed by atoms with Crippen molar-refractivity contribution in [3.05, 3.63) is 0 Å². The molecule has 0 bridgehead atoms.